The third-order valence-corrected chi connectivity index (χ3v) is 3.30. The van der Waals surface area contributed by atoms with Gasteiger partial charge in [-0.3, -0.25) is 9.89 Å². The summed E-state index contributed by atoms with van der Waals surface area (Å²) in [4.78, 5) is 14.2. The first-order valence-corrected chi connectivity index (χ1v) is 6.69. The lowest BCUT2D eigenvalue weighted by atomic mass is 10.2. The van der Waals surface area contributed by atoms with Crippen LogP contribution in [-0.2, 0) is 6.42 Å². The summed E-state index contributed by atoms with van der Waals surface area (Å²) in [6.45, 7) is 2.50. The quantitative estimate of drug-likeness (QED) is 0.809. The maximum atomic E-state index is 12.4. The molecule has 1 aromatic rings. The molecule has 2 rings (SSSR count). The van der Waals surface area contributed by atoms with Gasteiger partial charge in [0.15, 0.2) is 5.69 Å². The highest BCUT2D eigenvalue weighted by atomic mass is 16.2. The van der Waals surface area contributed by atoms with Crippen LogP contribution in [0.5, 0.6) is 0 Å². The maximum Gasteiger partial charge on any atom is 0.276 e. The van der Waals surface area contributed by atoms with Crippen LogP contribution in [0.2, 0.25) is 0 Å². The van der Waals surface area contributed by atoms with Gasteiger partial charge in [-0.15, -0.1) is 0 Å². The lowest BCUT2D eigenvalue weighted by molar-refractivity contribution is 0.0742. The number of aryl methyl sites for hydroxylation is 1. The Labute approximate surface area is 112 Å². The number of nitrogens with zero attached hydrogens (tertiary/aromatic N) is 3. The molecule has 1 amide bonds. The minimum atomic E-state index is -0.158. The first-order chi connectivity index (χ1) is 9.19. The summed E-state index contributed by atoms with van der Waals surface area (Å²) in [5, 5.41) is 15.6. The van der Waals surface area contributed by atoms with Crippen molar-refractivity contribution in [2.75, 3.05) is 12.3 Å². The molecule has 0 saturated heterocycles. The van der Waals surface area contributed by atoms with Crippen molar-refractivity contribution in [1.29, 1.82) is 5.26 Å². The van der Waals surface area contributed by atoms with E-state index in [0.717, 1.165) is 31.4 Å². The van der Waals surface area contributed by atoms with E-state index in [1.165, 1.54) is 0 Å². The van der Waals surface area contributed by atoms with E-state index in [-0.39, 0.29) is 11.9 Å². The zero-order valence-electron chi connectivity index (χ0n) is 11.1. The molecule has 3 N–H and O–H groups in total. The molecule has 0 unspecified atom stereocenters. The van der Waals surface area contributed by atoms with Crippen LogP contribution in [0.25, 0.3) is 0 Å². The number of aromatic amines is 1. The lowest BCUT2D eigenvalue weighted by Gasteiger charge is -2.20. The fourth-order valence-electron chi connectivity index (χ4n) is 2.13. The zero-order chi connectivity index (χ0) is 13.8. The van der Waals surface area contributed by atoms with Gasteiger partial charge in [-0.2, -0.15) is 10.4 Å². The topological polar surface area (TPSA) is 98.8 Å². The second-order valence-electron chi connectivity index (χ2n) is 4.85. The molecule has 1 saturated carbocycles. The molecule has 6 heteroatoms. The standard InChI is InChI=1S/C13H19N5O/c1-2-4-10-11(15)12(17-16-10)13(19)18(8-3-7-14)9-5-6-9/h9H,2-6,8,15H2,1H3,(H,16,17). The van der Waals surface area contributed by atoms with Crippen molar-refractivity contribution >= 4 is 11.6 Å². The van der Waals surface area contributed by atoms with Crippen molar-refractivity contribution in [1.82, 2.24) is 15.1 Å². The van der Waals surface area contributed by atoms with Crippen LogP contribution in [0.4, 0.5) is 5.69 Å². The van der Waals surface area contributed by atoms with Crippen LogP contribution >= 0.6 is 0 Å². The number of nitrogens with two attached hydrogens (primary N) is 1. The molecule has 19 heavy (non-hydrogen) atoms. The number of rotatable bonds is 6. The van der Waals surface area contributed by atoms with E-state index in [2.05, 4.69) is 16.3 Å². The highest BCUT2D eigenvalue weighted by Gasteiger charge is 2.34. The molecule has 1 aliphatic carbocycles. The monoisotopic (exact) mass is 261 g/mol. The van der Waals surface area contributed by atoms with E-state index in [0.29, 0.717) is 24.3 Å². The van der Waals surface area contributed by atoms with E-state index in [9.17, 15) is 4.79 Å². The number of amides is 1. The molecule has 6 nitrogen and oxygen atoms in total. The minimum absolute atomic E-state index is 0.158. The van der Waals surface area contributed by atoms with Gasteiger partial charge in [0.1, 0.15) is 0 Å². The molecular formula is C13H19N5O. The lowest BCUT2D eigenvalue weighted by Crippen LogP contribution is -2.34. The van der Waals surface area contributed by atoms with Crippen LogP contribution in [0.1, 0.15) is 48.8 Å². The summed E-state index contributed by atoms with van der Waals surface area (Å²) in [5.74, 6) is -0.158. The molecule has 1 aromatic heterocycles. The molecule has 0 aliphatic heterocycles. The Bertz CT molecular complexity index is 498. The second kappa shape index (κ2) is 5.74. The van der Waals surface area contributed by atoms with Gasteiger partial charge >= 0.3 is 0 Å². The normalized spacial score (nSPS) is 14.1. The Balaban J connectivity index is 2.15. The Morgan fingerprint density at radius 1 is 1.63 bits per heavy atom. The predicted molar refractivity (Wildman–Crippen MR) is 71.3 cm³/mol. The molecule has 0 aromatic carbocycles. The Morgan fingerprint density at radius 3 is 2.95 bits per heavy atom. The first kappa shape index (κ1) is 13.4. The molecule has 0 bridgehead atoms. The smallest absolute Gasteiger partial charge is 0.276 e. The SMILES string of the molecule is CCCc1[nH]nc(C(=O)N(CCC#N)C2CC2)c1N. The number of aromatic nitrogens is 2. The summed E-state index contributed by atoms with van der Waals surface area (Å²) >= 11 is 0. The average molecular weight is 261 g/mol. The summed E-state index contributed by atoms with van der Waals surface area (Å²) in [7, 11) is 0. The number of nitriles is 1. The Morgan fingerprint density at radius 2 is 2.37 bits per heavy atom. The van der Waals surface area contributed by atoms with Crippen LogP contribution < -0.4 is 5.73 Å². The molecular weight excluding hydrogens is 242 g/mol. The van der Waals surface area contributed by atoms with E-state index in [1.807, 2.05) is 6.92 Å². The number of carbonyl (C=O) groups excluding carboxylic acids is 1. The fourth-order valence-corrected chi connectivity index (χ4v) is 2.13. The summed E-state index contributed by atoms with van der Waals surface area (Å²) in [5.41, 5.74) is 7.54. The van der Waals surface area contributed by atoms with Crippen molar-refractivity contribution in [3.63, 3.8) is 0 Å². The number of hydrogen-bond acceptors (Lipinski definition) is 4. The summed E-state index contributed by atoms with van der Waals surface area (Å²) in [6.07, 6.45) is 4.08. The highest BCUT2D eigenvalue weighted by Crippen LogP contribution is 2.29. The first-order valence-electron chi connectivity index (χ1n) is 6.69. The fraction of sp³-hybridized carbons (Fsp3) is 0.615. The van der Waals surface area contributed by atoms with Gasteiger partial charge in [0.25, 0.3) is 5.91 Å². The minimum Gasteiger partial charge on any atom is -0.395 e. The largest absolute Gasteiger partial charge is 0.395 e. The number of H-pyrrole nitrogens is 1. The van der Waals surface area contributed by atoms with Crippen molar-refractivity contribution in [3.8, 4) is 6.07 Å². The molecule has 1 heterocycles. The van der Waals surface area contributed by atoms with Crippen LogP contribution in [0.15, 0.2) is 0 Å². The van der Waals surface area contributed by atoms with Gasteiger partial charge in [0, 0.05) is 12.6 Å². The third kappa shape index (κ3) is 2.87. The van der Waals surface area contributed by atoms with Crippen molar-refractivity contribution in [2.24, 2.45) is 0 Å². The van der Waals surface area contributed by atoms with Gasteiger partial charge < -0.3 is 10.6 Å². The van der Waals surface area contributed by atoms with Crippen LogP contribution in [0.3, 0.4) is 0 Å². The summed E-state index contributed by atoms with van der Waals surface area (Å²) in [6, 6.07) is 2.33. The van der Waals surface area contributed by atoms with Crippen molar-refractivity contribution in [3.05, 3.63) is 11.4 Å². The zero-order valence-corrected chi connectivity index (χ0v) is 11.1. The van der Waals surface area contributed by atoms with Gasteiger partial charge in [-0.1, -0.05) is 13.3 Å². The second-order valence-corrected chi connectivity index (χ2v) is 4.85. The molecule has 0 spiro atoms. The van der Waals surface area contributed by atoms with Gasteiger partial charge in [0.05, 0.1) is 23.9 Å². The third-order valence-electron chi connectivity index (χ3n) is 3.30. The molecule has 1 fully saturated rings. The maximum absolute atomic E-state index is 12.4. The number of nitrogens with one attached hydrogen (secondary N) is 1. The molecule has 1 aliphatic rings. The van der Waals surface area contributed by atoms with Gasteiger partial charge in [-0.05, 0) is 19.3 Å². The van der Waals surface area contributed by atoms with Crippen LogP contribution in [0, 0.1) is 11.3 Å². The van der Waals surface area contributed by atoms with E-state index in [1.54, 1.807) is 4.90 Å². The number of hydrogen-bond donors (Lipinski definition) is 2. The Kier molecular flexibility index (Phi) is 4.05. The average Bonchev–Trinajstić information content (AvgIpc) is 3.17. The number of carbonyl (C=O) groups is 1. The van der Waals surface area contributed by atoms with Crippen molar-refractivity contribution in [2.45, 2.75) is 45.1 Å². The predicted octanol–water partition coefficient (Wildman–Crippen LogP) is 1.46. The number of nitrogen functional groups attached to an aromatic ring is 1. The molecule has 0 radical (unpaired) electrons. The highest BCUT2D eigenvalue weighted by molar-refractivity contribution is 5.98. The number of anilines is 1. The van der Waals surface area contributed by atoms with Crippen molar-refractivity contribution < 1.29 is 4.79 Å². The van der Waals surface area contributed by atoms with Crippen LogP contribution in [-0.4, -0.2) is 33.6 Å². The van der Waals surface area contributed by atoms with E-state index < -0.39 is 0 Å². The Hall–Kier alpha value is -2.03. The molecule has 0 atom stereocenters. The van der Waals surface area contributed by atoms with E-state index >= 15 is 0 Å². The van der Waals surface area contributed by atoms with Gasteiger partial charge in [0.2, 0.25) is 0 Å². The molecule has 102 valence electrons. The van der Waals surface area contributed by atoms with E-state index in [4.69, 9.17) is 11.0 Å². The van der Waals surface area contributed by atoms with Gasteiger partial charge in [-0.25, -0.2) is 0 Å². The summed E-state index contributed by atoms with van der Waals surface area (Å²) < 4.78 is 0.